The van der Waals surface area contributed by atoms with E-state index in [-0.39, 0.29) is 0 Å². The van der Waals surface area contributed by atoms with Gasteiger partial charge in [-0.05, 0) is 64.0 Å². The van der Waals surface area contributed by atoms with E-state index in [0.717, 1.165) is 34.7 Å². The summed E-state index contributed by atoms with van der Waals surface area (Å²) in [6, 6.07) is 12.5. The molecule has 4 rings (SSSR count). The van der Waals surface area contributed by atoms with Crippen molar-refractivity contribution in [2.75, 3.05) is 32.0 Å². The largest absolute Gasteiger partial charge is 0.368 e. The van der Waals surface area contributed by atoms with Crippen LogP contribution in [0.3, 0.4) is 0 Å². The fraction of sp³-hybridized carbons (Fsp3) is 0.381. The maximum Gasteiger partial charge on any atom is 0.156 e. The molecule has 1 aromatic carbocycles. The number of likely N-dealkylation sites (tertiary alicyclic amines) is 1. The molecule has 26 heavy (non-hydrogen) atoms. The normalized spacial score (nSPS) is 16.1. The highest BCUT2D eigenvalue weighted by Crippen LogP contribution is 2.24. The molecule has 3 aromatic rings. The second-order valence-electron chi connectivity index (χ2n) is 7.28. The molecule has 5 nitrogen and oxygen atoms in total. The van der Waals surface area contributed by atoms with Crippen LogP contribution in [-0.4, -0.2) is 46.5 Å². The fourth-order valence-electron chi connectivity index (χ4n) is 3.54. The Morgan fingerprint density at radius 2 is 1.96 bits per heavy atom. The zero-order valence-electron chi connectivity index (χ0n) is 15.4. The summed E-state index contributed by atoms with van der Waals surface area (Å²) in [6.45, 7) is 5.39. The molecule has 0 radical (unpaired) electrons. The second kappa shape index (κ2) is 7.38. The lowest BCUT2D eigenvalue weighted by molar-refractivity contribution is 0.226. The predicted molar refractivity (Wildman–Crippen MR) is 106 cm³/mol. The molecule has 134 valence electrons. The number of hydrogen-bond donors (Lipinski definition) is 1. The van der Waals surface area contributed by atoms with Crippen molar-refractivity contribution in [3.63, 3.8) is 0 Å². The van der Waals surface area contributed by atoms with Crippen molar-refractivity contribution in [3.05, 3.63) is 48.3 Å². The van der Waals surface area contributed by atoms with Crippen LogP contribution < -0.4 is 5.32 Å². The fourth-order valence-corrected chi connectivity index (χ4v) is 3.54. The number of fused-ring (bicyclic) bond motifs is 1. The van der Waals surface area contributed by atoms with Crippen LogP contribution in [0.2, 0.25) is 0 Å². The molecule has 0 bridgehead atoms. The van der Waals surface area contributed by atoms with Crippen LogP contribution in [0, 0.1) is 12.8 Å². The number of anilines is 1. The summed E-state index contributed by atoms with van der Waals surface area (Å²) in [6.07, 6.45) is 4.08. The number of aryl methyl sites for hydroxylation is 1. The van der Waals surface area contributed by atoms with Crippen molar-refractivity contribution in [1.29, 1.82) is 0 Å². The number of hydrogen-bond acceptors (Lipinski definition) is 5. The van der Waals surface area contributed by atoms with Crippen molar-refractivity contribution in [2.45, 2.75) is 19.8 Å². The molecule has 3 heterocycles. The van der Waals surface area contributed by atoms with E-state index in [1.54, 1.807) is 6.33 Å². The van der Waals surface area contributed by atoms with Gasteiger partial charge in [-0.2, -0.15) is 0 Å². The minimum absolute atomic E-state index is 0.691. The minimum atomic E-state index is 0.691. The first kappa shape index (κ1) is 16.9. The molecule has 0 amide bonds. The van der Waals surface area contributed by atoms with Crippen LogP contribution in [-0.2, 0) is 0 Å². The molecule has 0 unspecified atom stereocenters. The molecule has 2 aromatic heterocycles. The monoisotopic (exact) mass is 347 g/mol. The van der Waals surface area contributed by atoms with Gasteiger partial charge in [-0.1, -0.05) is 23.8 Å². The summed E-state index contributed by atoms with van der Waals surface area (Å²) < 4.78 is 0. The summed E-state index contributed by atoms with van der Waals surface area (Å²) >= 11 is 0. The Morgan fingerprint density at radius 1 is 1.12 bits per heavy atom. The highest BCUT2D eigenvalue weighted by molar-refractivity contribution is 5.86. The quantitative estimate of drug-likeness (QED) is 0.779. The third-order valence-electron chi connectivity index (χ3n) is 5.19. The Bertz CT molecular complexity index is 900. The molecule has 0 spiro atoms. The number of rotatable bonds is 4. The van der Waals surface area contributed by atoms with Gasteiger partial charge in [0.15, 0.2) is 5.82 Å². The third kappa shape index (κ3) is 3.68. The first-order valence-electron chi connectivity index (χ1n) is 9.30. The number of piperidine rings is 1. The van der Waals surface area contributed by atoms with Gasteiger partial charge in [0.25, 0.3) is 0 Å². The first-order chi connectivity index (χ1) is 12.7. The highest BCUT2D eigenvalue weighted by Gasteiger charge is 2.17. The topological polar surface area (TPSA) is 53.9 Å². The number of pyridine rings is 1. The zero-order chi connectivity index (χ0) is 17.9. The average Bonchev–Trinajstić information content (AvgIpc) is 2.67. The van der Waals surface area contributed by atoms with Crippen molar-refractivity contribution in [2.24, 2.45) is 5.92 Å². The van der Waals surface area contributed by atoms with E-state index in [9.17, 15) is 0 Å². The smallest absolute Gasteiger partial charge is 0.156 e. The summed E-state index contributed by atoms with van der Waals surface area (Å²) in [5.41, 5.74) is 5.03. The van der Waals surface area contributed by atoms with E-state index < -0.39 is 0 Å². The molecule has 0 saturated carbocycles. The lowest BCUT2D eigenvalue weighted by atomic mass is 9.97. The average molecular weight is 347 g/mol. The van der Waals surface area contributed by atoms with Gasteiger partial charge in [0, 0.05) is 12.1 Å². The maximum absolute atomic E-state index is 4.87. The van der Waals surface area contributed by atoms with Crippen molar-refractivity contribution < 1.29 is 0 Å². The lowest BCUT2D eigenvalue weighted by Crippen LogP contribution is -2.33. The van der Waals surface area contributed by atoms with E-state index in [2.05, 4.69) is 58.4 Å². The van der Waals surface area contributed by atoms with Gasteiger partial charge in [-0.3, -0.25) is 0 Å². The van der Waals surface area contributed by atoms with E-state index >= 15 is 0 Å². The molecule has 1 aliphatic heterocycles. The van der Waals surface area contributed by atoms with Gasteiger partial charge < -0.3 is 10.2 Å². The number of nitrogens with one attached hydrogen (secondary N) is 1. The molecule has 1 saturated heterocycles. The minimum Gasteiger partial charge on any atom is -0.368 e. The zero-order valence-corrected chi connectivity index (χ0v) is 15.4. The van der Waals surface area contributed by atoms with Gasteiger partial charge in [-0.15, -0.1) is 0 Å². The Kier molecular flexibility index (Phi) is 4.80. The Balaban J connectivity index is 1.59. The van der Waals surface area contributed by atoms with E-state index in [0.29, 0.717) is 5.92 Å². The summed E-state index contributed by atoms with van der Waals surface area (Å²) in [4.78, 5) is 16.1. The molecular weight excluding hydrogens is 322 g/mol. The Labute approximate surface area is 154 Å². The lowest BCUT2D eigenvalue weighted by Gasteiger charge is -2.29. The number of nitrogens with zero attached hydrogens (tertiary/aromatic N) is 4. The maximum atomic E-state index is 4.87. The van der Waals surface area contributed by atoms with Crippen molar-refractivity contribution in [1.82, 2.24) is 19.9 Å². The molecule has 1 fully saturated rings. The number of aromatic nitrogens is 3. The van der Waals surface area contributed by atoms with E-state index in [4.69, 9.17) is 4.98 Å². The van der Waals surface area contributed by atoms with Gasteiger partial charge in [0.2, 0.25) is 0 Å². The van der Waals surface area contributed by atoms with Gasteiger partial charge in [-0.25, -0.2) is 15.0 Å². The van der Waals surface area contributed by atoms with Crippen LogP contribution in [0.25, 0.3) is 22.3 Å². The number of benzene rings is 1. The van der Waals surface area contributed by atoms with Crippen LogP contribution in [0.15, 0.2) is 42.7 Å². The third-order valence-corrected chi connectivity index (χ3v) is 5.19. The Morgan fingerprint density at radius 3 is 2.77 bits per heavy atom. The van der Waals surface area contributed by atoms with E-state index in [1.807, 2.05) is 12.1 Å². The Hall–Kier alpha value is -2.53. The van der Waals surface area contributed by atoms with Crippen LogP contribution in [0.5, 0.6) is 0 Å². The SMILES string of the molecule is Cc1cccc(-c2ccc3ncnc(NCC4CCN(C)CC4)c3n2)c1. The summed E-state index contributed by atoms with van der Waals surface area (Å²) in [7, 11) is 2.19. The first-order valence-corrected chi connectivity index (χ1v) is 9.30. The molecule has 5 heteroatoms. The van der Waals surface area contributed by atoms with Gasteiger partial charge in [0.1, 0.15) is 11.8 Å². The second-order valence-corrected chi connectivity index (χ2v) is 7.28. The van der Waals surface area contributed by atoms with Crippen LogP contribution in [0.1, 0.15) is 18.4 Å². The molecule has 0 atom stereocenters. The molecular formula is C21H25N5. The summed E-state index contributed by atoms with van der Waals surface area (Å²) in [5, 5.41) is 3.53. The van der Waals surface area contributed by atoms with Crippen LogP contribution in [0.4, 0.5) is 5.82 Å². The molecule has 0 aliphatic carbocycles. The highest BCUT2D eigenvalue weighted by atomic mass is 15.1. The van der Waals surface area contributed by atoms with Gasteiger partial charge >= 0.3 is 0 Å². The van der Waals surface area contributed by atoms with Crippen LogP contribution >= 0.6 is 0 Å². The summed E-state index contributed by atoms with van der Waals surface area (Å²) in [5.74, 6) is 1.53. The molecule has 1 N–H and O–H groups in total. The predicted octanol–water partition coefficient (Wildman–Crippen LogP) is 3.75. The van der Waals surface area contributed by atoms with Crippen molar-refractivity contribution >= 4 is 16.9 Å². The van der Waals surface area contributed by atoms with Crippen molar-refractivity contribution in [3.8, 4) is 11.3 Å². The van der Waals surface area contributed by atoms with Gasteiger partial charge in [0.05, 0.1) is 11.2 Å². The molecule has 1 aliphatic rings. The standard InChI is InChI=1S/C21H25N5/c1-15-4-3-5-17(12-15)18-6-7-19-20(25-18)21(24-14-23-19)22-13-16-8-10-26(2)11-9-16/h3-7,12,14,16H,8-11,13H2,1-2H3,(H,22,23,24). The van der Waals surface area contributed by atoms with E-state index in [1.165, 1.54) is 31.5 Å².